The zero-order valence-electron chi connectivity index (χ0n) is 21.0. The molecule has 1 aliphatic heterocycles. The number of benzene rings is 3. The summed E-state index contributed by atoms with van der Waals surface area (Å²) in [6.45, 7) is 2.16. The molecule has 6 rings (SSSR count). The number of aromatic nitrogens is 3. The minimum atomic E-state index is -4.50. The number of carbonyl (C=O) groups excluding carboxylic acids is 1. The van der Waals surface area contributed by atoms with Crippen molar-refractivity contribution in [3.8, 4) is 21.0 Å². The quantitative estimate of drug-likeness (QED) is 0.225. The van der Waals surface area contributed by atoms with Crippen LogP contribution in [-0.2, 0) is 11.7 Å². The van der Waals surface area contributed by atoms with Crippen molar-refractivity contribution in [3.63, 3.8) is 0 Å². The van der Waals surface area contributed by atoms with Gasteiger partial charge in [0.15, 0.2) is 0 Å². The number of carbonyl (C=O) groups is 1. The lowest BCUT2D eigenvalue weighted by Crippen LogP contribution is -2.44. The van der Waals surface area contributed by atoms with E-state index in [2.05, 4.69) is 15.0 Å². The largest absolute Gasteiger partial charge is 0.416 e. The van der Waals surface area contributed by atoms with Gasteiger partial charge in [-0.1, -0.05) is 24.3 Å². The minimum Gasteiger partial charge on any atom is -0.340 e. The number of halogens is 5. The maximum Gasteiger partial charge on any atom is 0.416 e. The molecule has 0 bridgehead atoms. The highest BCUT2D eigenvalue weighted by atomic mass is 32.1. The van der Waals surface area contributed by atoms with Crippen molar-refractivity contribution in [2.75, 3.05) is 6.54 Å². The molecule has 1 aliphatic rings. The van der Waals surface area contributed by atoms with Gasteiger partial charge >= 0.3 is 6.18 Å². The van der Waals surface area contributed by atoms with Crippen molar-refractivity contribution in [2.45, 2.75) is 31.5 Å². The van der Waals surface area contributed by atoms with Crippen LogP contribution in [0.3, 0.4) is 0 Å². The highest BCUT2D eigenvalue weighted by Crippen LogP contribution is 2.43. The lowest BCUT2D eigenvalue weighted by molar-refractivity contribution is -0.137. The van der Waals surface area contributed by atoms with Crippen LogP contribution in [0.4, 0.5) is 22.0 Å². The van der Waals surface area contributed by atoms with Gasteiger partial charge in [0.1, 0.15) is 28.2 Å². The van der Waals surface area contributed by atoms with Gasteiger partial charge in [-0.2, -0.15) is 13.2 Å². The number of hydrogen-bond donors (Lipinski definition) is 1. The van der Waals surface area contributed by atoms with Crippen LogP contribution in [0.1, 0.15) is 41.6 Å². The molecule has 1 N–H and O–H groups in total. The van der Waals surface area contributed by atoms with Crippen LogP contribution in [0, 0.1) is 11.6 Å². The van der Waals surface area contributed by atoms with Crippen molar-refractivity contribution >= 4 is 28.3 Å². The van der Waals surface area contributed by atoms with E-state index in [-0.39, 0.29) is 16.8 Å². The first-order chi connectivity index (χ1) is 19.0. The van der Waals surface area contributed by atoms with Crippen molar-refractivity contribution in [2.24, 2.45) is 0 Å². The fourth-order valence-electron chi connectivity index (χ4n) is 5.12. The molecular formula is C29H21F5N4OS. The number of aromatic amines is 1. The third kappa shape index (κ3) is 4.43. The number of nitrogens with one attached hydrogen (secondary N) is 1. The summed E-state index contributed by atoms with van der Waals surface area (Å²) < 4.78 is 68.1. The average molecular weight is 569 g/mol. The topological polar surface area (TPSA) is 61.9 Å². The Morgan fingerprint density at radius 2 is 1.77 bits per heavy atom. The van der Waals surface area contributed by atoms with E-state index in [1.165, 1.54) is 36.4 Å². The maximum atomic E-state index is 14.7. The van der Waals surface area contributed by atoms with E-state index in [1.54, 1.807) is 23.1 Å². The standard InChI is InChI=1S/C29H21F5N4OS/c1-28(27-35-21-12-9-17(29(32,33)34)15-22(21)36-27)13-4-14-38(28)26(39)23-24(16-7-10-18(30)11-8-16)40-25(37-23)19-5-2-3-6-20(19)31/h2-3,5-12,15H,4,13-14H2,1H3,(H,35,36)/t28-/m0/s1. The van der Waals surface area contributed by atoms with E-state index in [0.29, 0.717) is 46.2 Å². The third-order valence-corrected chi connectivity index (χ3v) is 8.38. The number of H-pyrrole nitrogens is 1. The molecule has 2 aromatic heterocycles. The summed E-state index contributed by atoms with van der Waals surface area (Å²) in [5, 5.41) is 0.296. The molecule has 0 radical (unpaired) electrons. The van der Waals surface area contributed by atoms with Gasteiger partial charge in [-0.15, -0.1) is 11.3 Å². The number of rotatable bonds is 4. The molecule has 40 heavy (non-hydrogen) atoms. The summed E-state index contributed by atoms with van der Waals surface area (Å²) in [6, 6.07) is 15.0. The van der Waals surface area contributed by atoms with E-state index < -0.39 is 34.8 Å². The van der Waals surface area contributed by atoms with Gasteiger partial charge < -0.3 is 9.88 Å². The Morgan fingerprint density at radius 3 is 2.50 bits per heavy atom. The Hall–Kier alpha value is -4.12. The Bertz CT molecular complexity index is 1740. The number of hydrogen-bond acceptors (Lipinski definition) is 4. The normalized spacial score (nSPS) is 17.6. The van der Waals surface area contributed by atoms with Crippen LogP contribution in [0.5, 0.6) is 0 Å². The first kappa shape index (κ1) is 26.1. The van der Waals surface area contributed by atoms with Crippen molar-refractivity contribution in [1.29, 1.82) is 0 Å². The molecule has 0 spiro atoms. The van der Waals surface area contributed by atoms with Gasteiger partial charge in [-0.05, 0) is 67.8 Å². The number of fused-ring (bicyclic) bond motifs is 1. The summed E-state index contributed by atoms with van der Waals surface area (Å²) in [5.41, 5.74) is -0.328. The molecule has 3 aromatic carbocycles. The van der Waals surface area contributed by atoms with Gasteiger partial charge in [0.25, 0.3) is 5.91 Å². The monoisotopic (exact) mass is 568 g/mol. The molecule has 1 amide bonds. The predicted molar refractivity (Wildman–Crippen MR) is 142 cm³/mol. The SMILES string of the molecule is C[C@@]1(c2nc3ccc(C(F)(F)F)cc3[nH]2)CCCN1C(=O)c1nc(-c2ccccc2F)sc1-c1ccc(F)cc1. The number of amides is 1. The Labute approximate surface area is 229 Å². The van der Waals surface area contributed by atoms with Crippen LogP contribution in [0.2, 0.25) is 0 Å². The first-order valence-corrected chi connectivity index (χ1v) is 13.3. The number of likely N-dealkylation sites (tertiary alicyclic amines) is 1. The first-order valence-electron chi connectivity index (χ1n) is 12.5. The average Bonchev–Trinajstić information content (AvgIpc) is 3.65. The second-order valence-corrected chi connectivity index (χ2v) is 10.8. The number of nitrogens with zero attached hydrogens (tertiary/aromatic N) is 3. The van der Waals surface area contributed by atoms with Crippen molar-refractivity contribution in [1.82, 2.24) is 19.9 Å². The van der Waals surface area contributed by atoms with Gasteiger partial charge in [0.05, 0.1) is 27.0 Å². The highest BCUT2D eigenvalue weighted by Gasteiger charge is 2.45. The summed E-state index contributed by atoms with van der Waals surface area (Å²) in [6.07, 6.45) is -3.36. The Kier molecular flexibility index (Phi) is 6.21. The van der Waals surface area contributed by atoms with Crippen molar-refractivity contribution in [3.05, 3.63) is 95.4 Å². The molecule has 5 aromatic rings. The number of thiazole rings is 1. The zero-order valence-corrected chi connectivity index (χ0v) is 21.8. The van der Waals surface area contributed by atoms with Gasteiger partial charge in [-0.3, -0.25) is 4.79 Å². The lowest BCUT2D eigenvalue weighted by Gasteiger charge is -2.33. The van der Waals surface area contributed by atoms with E-state index in [9.17, 15) is 26.7 Å². The summed E-state index contributed by atoms with van der Waals surface area (Å²) in [5.74, 6) is -1.01. The summed E-state index contributed by atoms with van der Waals surface area (Å²) in [4.78, 5) is 28.3. The number of alkyl halides is 3. The fraction of sp³-hybridized carbons (Fsp3) is 0.207. The summed E-state index contributed by atoms with van der Waals surface area (Å²) >= 11 is 1.13. The molecular weight excluding hydrogens is 547 g/mol. The molecule has 0 unspecified atom stereocenters. The van der Waals surface area contributed by atoms with Crippen LogP contribution in [0.15, 0.2) is 66.7 Å². The zero-order chi connectivity index (χ0) is 28.2. The Balaban J connectivity index is 1.43. The fourth-order valence-corrected chi connectivity index (χ4v) is 6.21. The van der Waals surface area contributed by atoms with Gasteiger partial charge in [0, 0.05) is 12.1 Å². The van der Waals surface area contributed by atoms with E-state index in [4.69, 9.17) is 0 Å². The van der Waals surface area contributed by atoms with Crippen LogP contribution < -0.4 is 0 Å². The molecule has 1 fully saturated rings. The molecule has 0 aliphatic carbocycles. The van der Waals surface area contributed by atoms with Gasteiger partial charge in [0.2, 0.25) is 0 Å². The molecule has 3 heterocycles. The highest BCUT2D eigenvalue weighted by molar-refractivity contribution is 7.18. The molecule has 5 nitrogen and oxygen atoms in total. The van der Waals surface area contributed by atoms with Crippen LogP contribution in [-0.4, -0.2) is 32.3 Å². The second-order valence-electron chi connectivity index (χ2n) is 9.83. The van der Waals surface area contributed by atoms with E-state index in [1.807, 2.05) is 6.92 Å². The smallest absolute Gasteiger partial charge is 0.340 e. The second kappa shape index (κ2) is 9.51. The Morgan fingerprint density at radius 1 is 1.02 bits per heavy atom. The third-order valence-electron chi connectivity index (χ3n) is 7.25. The summed E-state index contributed by atoms with van der Waals surface area (Å²) in [7, 11) is 0. The molecule has 204 valence electrons. The van der Waals surface area contributed by atoms with E-state index >= 15 is 0 Å². The lowest BCUT2D eigenvalue weighted by atomic mass is 9.97. The molecule has 0 saturated carbocycles. The van der Waals surface area contributed by atoms with Crippen LogP contribution >= 0.6 is 11.3 Å². The maximum absolute atomic E-state index is 14.7. The molecule has 11 heteroatoms. The molecule has 1 saturated heterocycles. The minimum absolute atomic E-state index is 0.0819. The predicted octanol–water partition coefficient (Wildman–Crippen LogP) is 7.80. The van der Waals surface area contributed by atoms with E-state index in [0.717, 1.165) is 23.5 Å². The number of imidazole rings is 1. The van der Waals surface area contributed by atoms with Gasteiger partial charge in [-0.25, -0.2) is 18.7 Å². The molecule has 1 atom stereocenters. The van der Waals surface area contributed by atoms with Crippen molar-refractivity contribution < 1.29 is 26.7 Å². The van der Waals surface area contributed by atoms with Crippen LogP contribution in [0.25, 0.3) is 32.0 Å².